The summed E-state index contributed by atoms with van der Waals surface area (Å²) >= 11 is 1.87. The van der Waals surface area contributed by atoms with E-state index < -0.39 is 0 Å². The zero-order valence-electron chi connectivity index (χ0n) is 12.7. The highest BCUT2D eigenvalue weighted by Crippen LogP contribution is 2.28. The number of methoxy groups -OCH3 is 1. The van der Waals surface area contributed by atoms with Gasteiger partial charge in [-0.05, 0) is 24.0 Å². The van der Waals surface area contributed by atoms with Crippen molar-refractivity contribution in [3.8, 4) is 0 Å². The van der Waals surface area contributed by atoms with Crippen LogP contribution in [-0.2, 0) is 11.3 Å². The van der Waals surface area contributed by atoms with E-state index in [2.05, 4.69) is 44.1 Å². The number of nitrogens with one attached hydrogen (secondary N) is 1. The van der Waals surface area contributed by atoms with Crippen molar-refractivity contribution >= 4 is 11.8 Å². The quantitative estimate of drug-likeness (QED) is 0.586. The second kappa shape index (κ2) is 8.56. The van der Waals surface area contributed by atoms with E-state index in [4.69, 9.17) is 4.74 Å². The van der Waals surface area contributed by atoms with Gasteiger partial charge in [0.05, 0.1) is 11.6 Å². The predicted octanol–water partition coefficient (Wildman–Crippen LogP) is 3.26. The van der Waals surface area contributed by atoms with Crippen molar-refractivity contribution in [1.29, 1.82) is 0 Å². The Bertz CT molecular complexity index is 382. The van der Waals surface area contributed by atoms with Gasteiger partial charge in [-0.1, -0.05) is 26.8 Å². The lowest BCUT2D eigenvalue weighted by Crippen LogP contribution is -2.18. The summed E-state index contributed by atoms with van der Waals surface area (Å²) in [5, 5.41) is 5.09. The van der Waals surface area contributed by atoms with Gasteiger partial charge in [-0.25, -0.2) is 4.98 Å². The first-order valence-electron chi connectivity index (χ1n) is 6.86. The number of rotatable bonds is 8. The Labute approximate surface area is 121 Å². The van der Waals surface area contributed by atoms with Crippen molar-refractivity contribution in [3.05, 3.63) is 23.4 Å². The molecule has 0 bridgehead atoms. The lowest BCUT2D eigenvalue weighted by molar-refractivity contribution is 0.199. The molecule has 0 amide bonds. The topological polar surface area (TPSA) is 34.1 Å². The van der Waals surface area contributed by atoms with Gasteiger partial charge >= 0.3 is 0 Å². The zero-order chi connectivity index (χ0) is 14.3. The molecule has 1 aromatic heterocycles. The van der Waals surface area contributed by atoms with Crippen molar-refractivity contribution in [2.24, 2.45) is 5.92 Å². The monoisotopic (exact) mass is 282 g/mol. The number of hydrogen-bond donors (Lipinski definition) is 1. The molecule has 4 heteroatoms. The number of hydrogen-bond acceptors (Lipinski definition) is 4. The molecule has 0 aliphatic rings. The summed E-state index contributed by atoms with van der Waals surface area (Å²) in [7, 11) is 1.72. The van der Waals surface area contributed by atoms with Crippen LogP contribution in [0.4, 0.5) is 0 Å². The first-order chi connectivity index (χ1) is 9.04. The van der Waals surface area contributed by atoms with Crippen molar-refractivity contribution in [2.75, 3.05) is 20.3 Å². The van der Waals surface area contributed by atoms with Crippen LogP contribution in [-0.4, -0.2) is 30.5 Å². The Balaban J connectivity index is 2.54. The standard InChI is InChI=1S/C15H26N2OS/c1-11(2)13(4)19-15-12(3)8-14(10-17-15)9-16-6-7-18-5/h8,10-11,13,16H,6-7,9H2,1-5H3. The van der Waals surface area contributed by atoms with E-state index in [1.807, 2.05) is 18.0 Å². The van der Waals surface area contributed by atoms with Crippen LogP contribution < -0.4 is 5.32 Å². The first-order valence-corrected chi connectivity index (χ1v) is 7.74. The van der Waals surface area contributed by atoms with Crippen LogP contribution in [0.2, 0.25) is 0 Å². The van der Waals surface area contributed by atoms with Crippen LogP contribution in [0.1, 0.15) is 31.9 Å². The molecule has 0 spiro atoms. The maximum atomic E-state index is 5.01. The summed E-state index contributed by atoms with van der Waals surface area (Å²) in [5.41, 5.74) is 2.50. The molecule has 108 valence electrons. The number of pyridine rings is 1. The lowest BCUT2D eigenvalue weighted by Gasteiger charge is -2.16. The van der Waals surface area contributed by atoms with E-state index in [1.54, 1.807) is 7.11 Å². The SMILES string of the molecule is COCCNCc1cnc(SC(C)C(C)C)c(C)c1. The Morgan fingerprint density at radius 1 is 1.37 bits per heavy atom. The fourth-order valence-corrected chi connectivity index (χ4v) is 2.54. The molecule has 1 aromatic rings. The normalized spacial score (nSPS) is 12.9. The fourth-order valence-electron chi connectivity index (χ4n) is 1.56. The maximum absolute atomic E-state index is 5.01. The second-order valence-electron chi connectivity index (χ2n) is 5.20. The van der Waals surface area contributed by atoms with Crippen molar-refractivity contribution < 1.29 is 4.74 Å². The highest BCUT2D eigenvalue weighted by Gasteiger charge is 2.11. The van der Waals surface area contributed by atoms with Crippen molar-refractivity contribution in [2.45, 2.75) is 44.5 Å². The Hall–Kier alpha value is -0.580. The molecule has 0 fully saturated rings. The van der Waals surface area contributed by atoms with Crippen LogP contribution in [0.5, 0.6) is 0 Å². The molecule has 0 aliphatic heterocycles. The largest absolute Gasteiger partial charge is 0.383 e. The third-order valence-electron chi connectivity index (χ3n) is 3.14. The second-order valence-corrected chi connectivity index (χ2v) is 6.57. The van der Waals surface area contributed by atoms with Gasteiger partial charge in [0.25, 0.3) is 0 Å². The van der Waals surface area contributed by atoms with E-state index in [9.17, 15) is 0 Å². The average molecular weight is 282 g/mol. The molecule has 0 aliphatic carbocycles. The third kappa shape index (κ3) is 5.93. The highest BCUT2D eigenvalue weighted by atomic mass is 32.2. The molecular formula is C15H26N2OS. The lowest BCUT2D eigenvalue weighted by atomic mass is 10.2. The molecule has 0 saturated heterocycles. The molecule has 19 heavy (non-hydrogen) atoms. The molecule has 1 unspecified atom stereocenters. The highest BCUT2D eigenvalue weighted by molar-refractivity contribution is 7.99. The zero-order valence-corrected chi connectivity index (χ0v) is 13.5. The molecule has 1 atom stereocenters. The van der Waals surface area contributed by atoms with Gasteiger partial charge in [0.15, 0.2) is 0 Å². The fraction of sp³-hybridized carbons (Fsp3) is 0.667. The minimum atomic E-state index is 0.594. The van der Waals surface area contributed by atoms with Gasteiger partial charge in [-0.3, -0.25) is 0 Å². The van der Waals surface area contributed by atoms with Crippen LogP contribution >= 0.6 is 11.8 Å². The van der Waals surface area contributed by atoms with Gasteiger partial charge in [0.2, 0.25) is 0 Å². The first kappa shape index (κ1) is 16.5. The van der Waals surface area contributed by atoms with Gasteiger partial charge in [0, 0.05) is 31.6 Å². The number of nitrogens with zero attached hydrogens (tertiary/aromatic N) is 1. The van der Waals surface area contributed by atoms with Crippen LogP contribution in [0.3, 0.4) is 0 Å². The summed E-state index contributed by atoms with van der Waals surface area (Å²) < 4.78 is 5.01. The minimum Gasteiger partial charge on any atom is -0.383 e. The molecule has 1 heterocycles. The summed E-state index contributed by atoms with van der Waals surface area (Å²) in [6.45, 7) is 11.4. The molecule has 3 nitrogen and oxygen atoms in total. The Morgan fingerprint density at radius 2 is 2.11 bits per heavy atom. The summed E-state index contributed by atoms with van der Waals surface area (Å²) in [6, 6.07) is 2.22. The van der Waals surface area contributed by atoms with E-state index in [1.165, 1.54) is 11.1 Å². The molecule has 0 saturated carbocycles. The van der Waals surface area contributed by atoms with E-state index in [0.717, 1.165) is 24.7 Å². The Morgan fingerprint density at radius 3 is 2.68 bits per heavy atom. The molecule has 0 radical (unpaired) electrons. The van der Waals surface area contributed by atoms with Gasteiger partial charge in [-0.15, -0.1) is 11.8 Å². The molecule has 1 rings (SSSR count). The van der Waals surface area contributed by atoms with Crippen molar-refractivity contribution in [3.63, 3.8) is 0 Å². The summed E-state index contributed by atoms with van der Waals surface area (Å²) in [4.78, 5) is 4.59. The van der Waals surface area contributed by atoms with Gasteiger partial charge < -0.3 is 10.1 Å². The van der Waals surface area contributed by atoms with Gasteiger partial charge in [0.1, 0.15) is 0 Å². The number of ether oxygens (including phenoxy) is 1. The summed E-state index contributed by atoms with van der Waals surface area (Å²) in [5.74, 6) is 0.668. The molecule has 0 aromatic carbocycles. The predicted molar refractivity (Wildman–Crippen MR) is 82.7 cm³/mol. The molecular weight excluding hydrogens is 256 g/mol. The minimum absolute atomic E-state index is 0.594. The van der Waals surface area contributed by atoms with Crippen molar-refractivity contribution in [1.82, 2.24) is 10.3 Å². The average Bonchev–Trinajstić information content (AvgIpc) is 2.37. The smallest absolute Gasteiger partial charge is 0.0991 e. The third-order valence-corrected chi connectivity index (χ3v) is 4.70. The van der Waals surface area contributed by atoms with E-state index >= 15 is 0 Å². The maximum Gasteiger partial charge on any atom is 0.0991 e. The van der Waals surface area contributed by atoms with Crippen LogP contribution in [0.25, 0.3) is 0 Å². The van der Waals surface area contributed by atoms with E-state index in [0.29, 0.717) is 11.2 Å². The molecule has 1 N–H and O–H groups in total. The van der Waals surface area contributed by atoms with Gasteiger partial charge in [-0.2, -0.15) is 0 Å². The Kier molecular flexibility index (Phi) is 7.42. The number of thioether (sulfide) groups is 1. The number of aryl methyl sites for hydroxylation is 1. The van der Waals surface area contributed by atoms with Crippen LogP contribution in [0.15, 0.2) is 17.3 Å². The van der Waals surface area contributed by atoms with Crippen LogP contribution in [0, 0.1) is 12.8 Å². The summed E-state index contributed by atoms with van der Waals surface area (Å²) in [6.07, 6.45) is 1.97. The van der Waals surface area contributed by atoms with E-state index in [-0.39, 0.29) is 0 Å². The number of aromatic nitrogens is 1.